The molecule has 1 fully saturated rings. The second kappa shape index (κ2) is 29.1. The van der Waals surface area contributed by atoms with E-state index in [1.807, 2.05) is 121 Å². The van der Waals surface area contributed by atoms with Crippen molar-refractivity contribution >= 4 is 21.5 Å². The van der Waals surface area contributed by atoms with Gasteiger partial charge in [0.05, 0.1) is 0 Å². The van der Waals surface area contributed by atoms with Gasteiger partial charge in [0.2, 0.25) is 0 Å². The first-order valence-electron chi connectivity index (χ1n) is 26.2. The standard InChI is InChI=1S/C61H75N5O8/c67-51(45-71-55-19-5-1-6-20-55)40-63-32-29-62(30-33-64(41-52(68)46-72-56-21-7-2-8-22-56)35-37-65(36-34-63)42-53(69)47-73-57-23-9-3-10-24-57)31-38-66(43-54(70)48-74-58-25-11-4-12-26-58)44-61-59-27-15-13-17-49(59)39-50-18-14-16-28-60(50)61/h1-28,39,51-54,67-70H,29-38,40-48H2/t51-,52-,53-,54-/m0/s1. The van der Waals surface area contributed by atoms with E-state index in [4.69, 9.17) is 18.9 Å². The summed E-state index contributed by atoms with van der Waals surface area (Å²) in [6.07, 6.45) is -2.97. The van der Waals surface area contributed by atoms with Gasteiger partial charge in [-0.1, -0.05) is 121 Å². The van der Waals surface area contributed by atoms with Crippen molar-refractivity contribution in [3.05, 3.63) is 181 Å². The number of fused-ring (bicyclic) bond motifs is 2. The molecule has 392 valence electrons. The summed E-state index contributed by atoms with van der Waals surface area (Å²) < 4.78 is 24.1. The average Bonchev–Trinajstić information content (AvgIpc) is 3.43. The van der Waals surface area contributed by atoms with Crippen LogP contribution in [0.15, 0.2) is 176 Å². The molecule has 1 heterocycles. The third-order valence-corrected chi connectivity index (χ3v) is 13.5. The van der Waals surface area contributed by atoms with Gasteiger partial charge in [0.25, 0.3) is 0 Å². The maximum Gasteiger partial charge on any atom is 0.119 e. The predicted molar refractivity (Wildman–Crippen MR) is 294 cm³/mol. The van der Waals surface area contributed by atoms with Crippen molar-refractivity contribution in [2.75, 3.05) is 118 Å². The first-order chi connectivity index (χ1) is 36.3. The summed E-state index contributed by atoms with van der Waals surface area (Å²) in [6.45, 7) is 9.53. The van der Waals surface area contributed by atoms with Crippen LogP contribution in [-0.2, 0) is 6.54 Å². The first-order valence-corrected chi connectivity index (χ1v) is 26.2. The van der Waals surface area contributed by atoms with E-state index in [0.717, 1.165) is 5.75 Å². The third-order valence-electron chi connectivity index (χ3n) is 13.5. The summed E-state index contributed by atoms with van der Waals surface area (Å²) in [5.74, 6) is 2.85. The molecule has 4 atom stereocenters. The van der Waals surface area contributed by atoms with Crippen LogP contribution in [0, 0.1) is 0 Å². The lowest BCUT2D eigenvalue weighted by Gasteiger charge is -2.36. The van der Waals surface area contributed by atoms with Crippen molar-refractivity contribution in [1.82, 2.24) is 24.5 Å². The molecule has 13 nitrogen and oxygen atoms in total. The van der Waals surface area contributed by atoms with Crippen molar-refractivity contribution in [1.29, 1.82) is 0 Å². The Morgan fingerprint density at radius 3 is 1.05 bits per heavy atom. The second-order valence-corrected chi connectivity index (χ2v) is 19.4. The molecule has 7 aromatic rings. The summed E-state index contributed by atoms with van der Waals surface area (Å²) in [5, 5.41) is 50.7. The zero-order chi connectivity index (χ0) is 51.2. The van der Waals surface area contributed by atoms with Gasteiger partial charge in [-0.25, -0.2) is 0 Å². The molecule has 1 saturated heterocycles. The number of β-amino-alcohol motifs (C(OH)–C–C–N with tert-alkyl or cyclic N) is 3. The molecule has 0 aromatic heterocycles. The van der Waals surface area contributed by atoms with Gasteiger partial charge < -0.3 is 39.4 Å². The van der Waals surface area contributed by atoms with Gasteiger partial charge in [-0.15, -0.1) is 0 Å². The molecular weight excluding hydrogens is 931 g/mol. The van der Waals surface area contributed by atoms with E-state index < -0.39 is 24.4 Å². The number of hydrogen-bond acceptors (Lipinski definition) is 13. The van der Waals surface area contributed by atoms with Gasteiger partial charge in [0.1, 0.15) is 73.8 Å². The van der Waals surface area contributed by atoms with Crippen LogP contribution >= 0.6 is 0 Å². The van der Waals surface area contributed by atoms with Crippen LogP contribution in [0.3, 0.4) is 0 Å². The largest absolute Gasteiger partial charge is 0.491 e. The number of nitrogens with zero attached hydrogens (tertiary/aromatic N) is 5. The van der Waals surface area contributed by atoms with Crippen LogP contribution in [-0.4, -0.2) is 187 Å². The lowest BCUT2D eigenvalue weighted by molar-refractivity contribution is 0.0304. The molecule has 0 amide bonds. The maximum atomic E-state index is 11.7. The van der Waals surface area contributed by atoms with Crippen LogP contribution in [0.4, 0.5) is 0 Å². The van der Waals surface area contributed by atoms with Gasteiger partial charge in [-0.05, 0) is 81.7 Å². The highest BCUT2D eigenvalue weighted by molar-refractivity contribution is 6.02. The number of aliphatic hydroxyl groups excluding tert-OH is 4. The molecule has 0 spiro atoms. The van der Waals surface area contributed by atoms with Crippen molar-refractivity contribution < 1.29 is 39.4 Å². The number of benzene rings is 7. The van der Waals surface area contributed by atoms with Crippen molar-refractivity contribution in [3.63, 3.8) is 0 Å². The third kappa shape index (κ3) is 17.8. The second-order valence-electron chi connectivity index (χ2n) is 19.4. The number of ether oxygens (including phenoxy) is 4. The number of para-hydroxylation sites is 4. The van der Waals surface area contributed by atoms with E-state index in [0.29, 0.717) is 115 Å². The highest BCUT2D eigenvalue weighted by Gasteiger charge is 2.24. The highest BCUT2D eigenvalue weighted by Crippen LogP contribution is 2.30. The topological polar surface area (TPSA) is 134 Å². The van der Waals surface area contributed by atoms with Gasteiger partial charge >= 0.3 is 0 Å². The number of aliphatic hydroxyl groups is 4. The molecule has 1 aliphatic heterocycles. The lowest BCUT2D eigenvalue weighted by Crippen LogP contribution is -2.51. The summed E-state index contributed by atoms with van der Waals surface area (Å²) in [4.78, 5) is 11.7. The van der Waals surface area contributed by atoms with E-state index in [1.54, 1.807) is 0 Å². The summed E-state index contributed by atoms with van der Waals surface area (Å²) in [7, 11) is 0. The Balaban J connectivity index is 1.02. The molecule has 0 aliphatic carbocycles. The summed E-state index contributed by atoms with van der Waals surface area (Å²) in [5.41, 5.74) is 1.22. The van der Waals surface area contributed by atoms with E-state index in [2.05, 4.69) is 79.1 Å². The minimum absolute atomic E-state index is 0.152. The van der Waals surface area contributed by atoms with Crippen LogP contribution in [0.2, 0.25) is 0 Å². The van der Waals surface area contributed by atoms with E-state index in [-0.39, 0.29) is 26.4 Å². The predicted octanol–water partition coefficient (Wildman–Crippen LogP) is 6.78. The maximum absolute atomic E-state index is 11.7. The monoisotopic (exact) mass is 1010 g/mol. The normalized spacial score (nSPS) is 16.5. The molecule has 1 aliphatic rings. The van der Waals surface area contributed by atoms with E-state index in [1.165, 1.54) is 27.1 Å². The fourth-order valence-corrected chi connectivity index (χ4v) is 9.61. The van der Waals surface area contributed by atoms with Crippen LogP contribution in [0.1, 0.15) is 5.56 Å². The number of hydrogen-bond donors (Lipinski definition) is 4. The zero-order valence-electron chi connectivity index (χ0n) is 42.6. The lowest BCUT2D eigenvalue weighted by atomic mass is 9.96. The Morgan fingerprint density at radius 1 is 0.378 bits per heavy atom. The Hall–Kier alpha value is -6.10. The minimum Gasteiger partial charge on any atom is -0.491 e. The Kier molecular flexibility index (Phi) is 21.3. The molecule has 0 bridgehead atoms. The molecule has 74 heavy (non-hydrogen) atoms. The quantitative estimate of drug-likeness (QED) is 0.0450. The Bertz CT molecular complexity index is 2530. The fraction of sp³-hybridized carbons (Fsp3) is 0.377. The molecule has 8 rings (SSSR count). The van der Waals surface area contributed by atoms with Gasteiger partial charge in [0.15, 0.2) is 0 Å². The minimum atomic E-state index is -0.751. The van der Waals surface area contributed by atoms with Crippen LogP contribution < -0.4 is 18.9 Å². The highest BCUT2D eigenvalue weighted by atomic mass is 16.5. The van der Waals surface area contributed by atoms with Gasteiger partial charge in [-0.2, -0.15) is 0 Å². The SMILES string of the molecule is O[C@H](COc1ccccc1)CN1CCN(CCN(Cc2c3ccccc3cc3ccccc23)C[C@H](O)COc2ccccc2)CCN(C[C@H](O)COc2ccccc2)CCN(C[C@H](O)COc2ccccc2)CC1. The van der Waals surface area contributed by atoms with Crippen LogP contribution in [0.25, 0.3) is 21.5 Å². The number of rotatable bonds is 25. The molecule has 0 saturated carbocycles. The van der Waals surface area contributed by atoms with E-state index >= 15 is 0 Å². The first kappa shape index (κ1) is 54.2. The molecular formula is C61H75N5O8. The van der Waals surface area contributed by atoms with Gasteiger partial charge in [-0.3, -0.25) is 24.5 Å². The molecule has 0 unspecified atom stereocenters. The fourth-order valence-electron chi connectivity index (χ4n) is 9.61. The Labute approximate surface area is 437 Å². The molecule has 7 aromatic carbocycles. The molecule has 0 radical (unpaired) electrons. The van der Waals surface area contributed by atoms with Crippen molar-refractivity contribution in [2.24, 2.45) is 0 Å². The Morgan fingerprint density at radius 2 is 0.689 bits per heavy atom. The van der Waals surface area contributed by atoms with Gasteiger partial charge in [0, 0.05) is 98.2 Å². The molecule has 13 heteroatoms. The summed E-state index contributed by atoms with van der Waals surface area (Å²) in [6, 6.07) is 57.7. The smallest absolute Gasteiger partial charge is 0.119 e. The average molecular weight is 1010 g/mol. The van der Waals surface area contributed by atoms with E-state index in [9.17, 15) is 20.4 Å². The molecule has 4 N–H and O–H groups in total. The van der Waals surface area contributed by atoms with Crippen molar-refractivity contribution in [2.45, 2.75) is 31.0 Å². The van der Waals surface area contributed by atoms with Crippen LogP contribution in [0.5, 0.6) is 23.0 Å². The van der Waals surface area contributed by atoms with Crippen molar-refractivity contribution in [3.8, 4) is 23.0 Å². The summed E-state index contributed by atoms with van der Waals surface area (Å²) >= 11 is 0. The zero-order valence-corrected chi connectivity index (χ0v) is 42.6.